The van der Waals surface area contributed by atoms with Crippen LogP contribution in [0, 0.1) is 19.8 Å². The van der Waals surface area contributed by atoms with Gasteiger partial charge < -0.3 is 9.84 Å². The average Bonchev–Trinajstić information content (AvgIpc) is 2.83. The minimum absolute atomic E-state index is 0.0649. The van der Waals surface area contributed by atoms with Crippen LogP contribution in [0.3, 0.4) is 0 Å². The second kappa shape index (κ2) is 5.48. The first kappa shape index (κ1) is 14.6. The van der Waals surface area contributed by atoms with Gasteiger partial charge in [-0.15, -0.1) is 0 Å². The number of ether oxygens (including phenoxy) is 1. The van der Waals surface area contributed by atoms with E-state index in [0.29, 0.717) is 18.4 Å². The normalized spacial score (nSPS) is 16.7. The summed E-state index contributed by atoms with van der Waals surface area (Å²) in [7, 11) is 1.64. The number of fused-ring (bicyclic) bond motifs is 1. The van der Waals surface area contributed by atoms with Gasteiger partial charge in [0.25, 0.3) is 0 Å². The van der Waals surface area contributed by atoms with E-state index in [-0.39, 0.29) is 17.5 Å². The standard InChI is InChI=1S/C19H20O3/c1-11-8-12(2)18(20)17-16(11)10-14(19(17)21)9-13-4-6-15(22-3)7-5-13/h4-8,14,20H,9-10H2,1-3H3. The molecular formula is C19H20O3. The van der Waals surface area contributed by atoms with E-state index in [1.807, 2.05) is 44.2 Å². The Morgan fingerprint density at radius 2 is 1.86 bits per heavy atom. The van der Waals surface area contributed by atoms with E-state index in [9.17, 15) is 9.90 Å². The highest BCUT2D eigenvalue weighted by atomic mass is 16.5. The van der Waals surface area contributed by atoms with Crippen LogP contribution in [-0.2, 0) is 12.8 Å². The van der Waals surface area contributed by atoms with E-state index in [2.05, 4.69) is 0 Å². The average molecular weight is 296 g/mol. The summed E-state index contributed by atoms with van der Waals surface area (Å²) >= 11 is 0. The minimum atomic E-state index is -0.0882. The molecule has 0 spiro atoms. The number of phenolic OH excluding ortho intramolecular Hbond substituents is 1. The Bertz CT molecular complexity index is 729. The van der Waals surface area contributed by atoms with Gasteiger partial charge in [-0.05, 0) is 61.1 Å². The summed E-state index contributed by atoms with van der Waals surface area (Å²) in [5, 5.41) is 10.2. The van der Waals surface area contributed by atoms with Gasteiger partial charge >= 0.3 is 0 Å². The molecule has 2 aromatic carbocycles. The zero-order chi connectivity index (χ0) is 15.9. The molecule has 2 aromatic rings. The molecule has 3 nitrogen and oxygen atoms in total. The number of Topliss-reactive ketones (excluding diaryl/α,β-unsaturated/α-hetero) is 1. The molecule has 1 atom stereocenters. The van der Waals surface area contributed by atoms with Crippen LogP contribution in [0.5, 0.6) is 11.5 Å². The number of carbonyl (C=O) groups excluding carboxylic acids is 1. The van der Waals surface area contributed by atoms with Crippen LogP contribution in [0.1, 0.15) is 32.6 Å². The number of ketones is 1. The fourth-order valence-corrected chi connectivity index (χ4v) is 3.30. The van der Waals surface area contributed by atoms with Crippen LogP contribution >= 0.6 is 0 Å². The highest BCUT2D eigenvalue weighted by Gasteiger charge is 2.34. The van der Waals surface area contributed by atoms with E-state index in [4.69, 9.17) is 4.74 Å². The van der Waals surface area contributed by atoms with Crippen molar-refractivity contribution in [1.29, 1.82) is 0 Å². The first-order valence-electron chi connectivity index (χ1n) is 7.50. The number of hydrogen-bond acceptors (Lipinski definition) is 3. The van der Waals surface area contributed by atoms with Crippen LogP contribution in [0.15, 0.2) is 30.3 Å². The molecule has 1 unspecified atom stereocenters. The van der Waals surface area contributed by atoms with Gasteiger partial charge in [0.1, 0.15) is 11.5 Å². The monoisotopic (exact) mass is 296 g/mol. The van der Waals surface area contributed by atoms with Gasteiger partial charge in [0, 0.05) is 5.92 Å². The van der Waals surface area contributed by atoms with Crippen molar-refractivity contribution in [3.05, 3.63) is 58.1 Å². The topological polar surface area (TPSA) is 46.5 Å². The molecule has 3 heteroatoms. The fourth-order valence-electron chi connectivity index (χ4n) is 3.30. The molecule has 0 bridgehead atoms. The molecule has 0 radical (unpaired) electrons. The lowest BCUT2D eigenvalue weighted by atomic mass is 9.95. The van der Waals surface area contributed by atoms with Crippen molar-refractivity contribution >= 4 is 5.78 Å². The number of aromatic hydroxyl groups is 1. The second-order valence-corrected chi connectivity index (χ2v) is 6.03. The van der Waals surface area contributed by atoms with Crippen molar-refractivity contribution in [2.24, 2.45) is 5.92 Å². The van der Waals surface area contributed by atoms with Crippen molar-refractivity contribution in [2.75, 3.05) is 7.11 Å². The molecule has 1 aliphatic rings. The lowest BCUT2D eigenvalue weighted by molar-refractivity contribution is 0.0934. The summed E-state index contributed by atoms with van der Waals surface area (Å²) in [5.74, 6) is 0.946. The van der Waals surface area contributed by atoms with Crippen molar-refractivity contribution in [3.8, 4) is 11.5 Å². The Kier molecular flexibility index (Phi) is 3.65. The highest BCUT2D eigenvalue weighted by molar-refractivity contribution is 6.05. The maximum absolute atomic E-state index is 12.7. The number of hydrogen-bond donors (Lipinski definition) is 1. The summed E-state index contributed by atoms with van der Waals surface area (Å²) in [4.78, 5) is 12.7. The predicted octanol–water partition coefficient (Wildman–Crippen LogP) is 3.62. The van der Waals surface area contributed by atoms with Crippen LogP contribution in [0.2, 0.25) is 0 Å². The maximum atomic E-state index is 12.7. The first-order chi connectivity index (χ1) is 10.5. The van der Waals surface area contributed by atoms with Gasteiger partial charge in [0.05, 0.1) is 12.7 Å². The number of methoxy groups -OCH3 is 1. The van der Waals surface area contributed by atoms with Gasteiger partial charge in [-0.1, -0.05) is 18.2 Å². The van der Waals surface area contributed by atoms with E-state index in [1.165, 1.54) is 0 Å². The molecule has 0 aromatic heterocycles. The number of aryl methyl sites for hydroxylation is 2. The third-order valence-electron chi connectivity index (χ3n) is 4.53. The van der Waals surface area contributed by atoms with Crippen molar-refractivity contribution in [3.63, 3.8) is 0 Å². The molecule has 1 N–H and O–H groups in total. The molecule has 0 amide bonds. The van der Waals surface area contributed by atoms with Gasteiger partial charge in [-0.25, -0.2) is 0 Å². The molecule has 114 valence electrons. The lowest BCUT2D eigenvalue weighted by Gasteiger charge is -2.09. The second-order valence-electron chi connectivity index (χ2n) is 6.03. The Hall–Kier alpha value is -2.29. The smallest absolute Gasteiger partial charge is 0.170 e. The van der Waals surface area contributed by atoms with E-state index in [1.54, 1.807) is 7.11 Å². The molecule has 0 saturated heterocycles. The maximum Gasteiger partial charge on any atom is 0.170 e. The van der Waals surface area contributed by atoms with Gasteiger partial charge in [0.15, 0.2) is 5.78 Å². The highest BCUT2D eigenvalue weighted by Crippen LogP contribution is 2.38. The number of carbonyl (C=O) groups is 1. The molecular weight excluding hydrogens is 276 g/mol. The van der Waals surface area contributed by atoms with E-state index in [0.717, 1.165) is 28.0 Å². The summed E-state index contributed by atoms with van der Waals surface area (Å²) < 4.78 is 5.16. The number of benzene rings is 2. The molecule has 3 rings (SSSR count). The quantitative estimate of drug-likeness (QED) is 0.941. The van der Waals surface area contributed by atoms with Gasteiger partial charge in [-0.2, -0.15) is 0 Å². The first-order valence-corrected chi connectivity index (χ1v) is 7.50. The molecule has 22 heavy (non-hydrogen) atoms. The van der Waals surface area contributed by atoms with Crippen LogP contribution in [0.25, 0.3) is 0 Å². The van der Waals surface area contributed by atoms with E-state index >= 15 is 0 Å². The predicted molar refractivity (Wildman–Crippen MR) is 85.8 cm³/mol. The fraction of sp³-hybridized carbons (Fsp3) is 0.316. The third kappa shape index (κ3) is 2.37. The van der Waals surface area contributed by atoms with Gasteiger partial charge in [0.2, 0.25) is 0 Å². The summed E-state index contributed by atoms with van der Waals surface area (Å²) in [6.07, 6.45) is 1.40. The Labute approximate surface area is 130 Å². The van der Waals surface area contributed by atoms with Gasteiger partial charge in [-0.3, -0.25) is 4.79 Å². The summed E-state index contributed by atoms with van der Waals surface area (Å²) in [6, 6.07) is 9.76. The molecule has 0 aliphatic heterocycles. The van der Waals surface area contributed by atoms with Crippen LogP contribution in [0.4, 0.5) is 0 Å². The minimum Gasteiger partial charge on any atom is -0.507 e. The SMILES string of the molecule is COc1ccc(CC2Cc3c(C)cc(C)c(O)c3C2=O)cc1. The number of phenols is 1. The Balaban J connectivity index is 1.87. The molecule has 0 saturated carbocycles. The van der Waals surface area contributed by atoms with Crippen molar-refractivity contribution in [2.45, 2.75) is 26.7 Å². The zero-order valence-electron chi connectivity index (χ0n) is 13.1. The Morgan fingerprint density at radius 3 is 2.50 bits per heavy atom. The van der Waals surface area contributed by atoms with Crippen LogP contribution in [-0.4, -0.2) is 18.0 Å². The van der Waals surface area contributed by atoms with E-state index < -0.39 is 0 Å². The van der Waals surface area contributed by atoms with Crippen molar-refractivity contribution < 1.29 is 14.6 Å². The largest absolute Gasteiger partial charge is 0.507 e. The zero-order valence-corrected chi connectivity index (χ0v) is 13.1. The van der Waals surface area contributed by atoms with Crippen LogP contribution < -0.4 is 4.74 Å². The number of rotatable bonds is 3. The Morgan fingerprint density at radius 1 is 1.18 bits per heavy atom. The molecule has 0 fully saturated rings. The molecule has 0 heterocycles. The summed E-state index contributed by atoms with van der Waals surface area (Å²) in [5.41, 5.74) is 4.52. The summed E-state index contributed by atoms with van der Waals surface area (Å²) in [6.45, 7) is 3.85. The van der Waals surface area contributed by atoms with Crippen molar-refractivity contribution in [1.82, 2.24) is 0 Å². The molecule has 1 aliphatic carbocycles. The lowest BCUT2D eigenvalue weighted by Crippen LogP contribution is -2.12. The third-order valence-corrected chi connectivity index (χ3v) is 4.53.